The number of nitrogens with two attached hydrogens (primary N) is 1. The number of benzene rings is 2. The lowest BCUT2D eigenvalue weighted by Crippen LogP contribution is -2.01. The van der Waals surface area contributed by atoms with Crippen LogP contribution in [0.1, 0.15) is 17.5 Å². The van der Waals surface area contributed by atoms with Crippen LogP contribution in [0.3, 0.4) is 0 Å². The van der Waals surface area contributed by atoms with Crippen molar-refractivity contribution in [3.05, 3.63) is 64.5 Å². The minimum absolute atomic E-state index is 0.602. The van der Waals surface area contributed by atoms with E-state index in [-0.39, 0.29) is 0 Å². The summed E-state index contributed by atoms with van der Waals surface area (Å²) >= 11 is 1.68. The predicted molar refractivity (Wildman–Crippen MR) is 97.0 cm³/mol. The number of rotatable bonds is 6. The van der Waals surface area contributed by atoms with Crippen LogP contribution in [-0.2, 0) is 12.8 Å². The zero-order valence-electron chi connectivity index (χ0n) is 13.2. The molecule has 0 aliphatic carbocycles. The van der Waals surface area contributed by atoms with Gasteiger partial charge in [-0.05, 0) is 24.1 Å². The molecule has 23 heavy (non-hydrogen) atoms. The van der Waals surface area contributed by atoms with Gasteiger partial charge in [-0.3, -0.25) is 0 Å². The third-order valence-corrected chi connectivity index (χ3v) is 4.56. The smallest absolute Gasteiger partial charge is 0.121 e. The number of anilines is 1. The Morgan fingerprint density at radius 3 is 2.70 bits per heavy atom. The lowest BCUT2D eigenvalue weighted by Gasteiger charge is -2.05. The minimum atomic E-state index is 0.602. The topological polar surface area (TPSA) is 48.1 Å². The summed E-state index contributed by atoms with van der Waals surface area (Å²) in [5.41, 5.74) is 10.0. The molecule has 0 saturated heterocycles. The number of hydrogen-bond donors (Lipinski definition) is 1. The second-order valence-electron chi connectivity index (χ2n) is 5.35. The first-order valence-electron chi connectivity index (χ1n) is 7.76. The molecule has 0 radical (unpaired) electrons. The summed E-state index contributed by atoms with van der Waals surface area (Å²) in [6.45, 7) is 2.77. The molecule has 2 N–H and O–H groups in total. The Bertz CT molecular complexity index is 765. The van der Waals surface area contributed by atoms with Crippen molar-refractivity contribution >= 4 is 17.0 Å². The second kappa shape index (κ2) is 7.29. The van der Waals surface area contributed by atoms with Gasteiger partial charge < -0.3 is 10.5 Å². The van der Waals surface area contributed by atoms with Crippen molar-refractivity contribution in [3.8, 4) is 17.0 Å². The van der Waals surface area contributed by atoms with Crippen LogP contribution < -0.4 is 10.5 Å². The maximum Gasteiger partial charge on any atom is 0.121 e. The standard InChI is InChI=1S/C19H20N2OS/c1-2-14-6-8-15(9-7-14)18-13-23-19(21-18)10-11-22-17-5-3-4-16(20)12-17/h3-9,12-13H,2,10-11,20H2,1H3. The van der Waals surface area contributed by atoms with Crippen molar-refractivity contribution in [2.24, 2.45) is 0 Å². The predicted octanol–water partition coefficient (Wildman–Crippen LogP) is 4.58. The molecule has 0 amide bonds. The molecule has 1 heterocycles. The van der Waals surface area contributed by atoms with Crippen molar-refractivity contribution in [1.29, 1.82) is 0 Å². The molecule has 2 aromatic carbocycles. The highest BCUT2D eigenvalue weighted by Crippen LogP contribution is 2.23. The zero-order valence-corrected chi connectivity index (χ0v) is 14.0. The van der Waals surface area contributed by atoms with Crippen molar-refractivity contribution in [2.45, 2.75) is 19.8 Å². The average molecular weight is 324 g/mol. The summed E-state index contributed by atoms with van der Waals surface area (Å²) in [6, 6.07) is 16.1. The lowest BCUT2D eigenvalue weighted by molar-refractivity contribution is 0.322. The molecule has 3 nitrogen and oxygen atoms in total. The molecular formula is C19H20N2OS. The normalized spacial score (nSPS) is 10.7. The number of hydrogen-bond acceptors (Lipinski definition) is 4. The fourth-order valence-electron chi connectivity index (χ4n) is 2.33. The van der Waals surface area contributed by atoms with Crippen LogP contribution in [0.5, 0.6) is 5.75 Å². The van der Waals surface area contributed by atoms with Gasteiger partial charge in [0.2, 0.25) is 0 Å². The summed E-state index contributed by atoms with van der Waals surface area (Å²) in [6.07, 6.45) is 1.86. The molecule has 0 atom stereocenters. The van der Waals surface area contributed by atoms with Gasteiger partial charge in [0, 0.05) is 29.1 Å². The summed E-state index contributed by atoms with van der Waals surface area (Å²) in [4.78, 5) is 4.70. The zero-order chi connectivity index (χ0) is 16.1. The molecular weight excluding hydrogens is 304 g/mol. The molecule has 0 spiro atoms. The Balaban J connectivity index is 1.58. The van der Waals surface area contributed by atoms with E-state index in [1.54, 1.807) is 11.3 Å². The molecule has 0 unspecified atom stereocenters. The first-order valence-corrected chi connectivity index (χ1v) is 8.64. The minimum Gasteiger partial charge on any atom is -0.493 e. The third kappa shape index (κ3) is 4.11. The number of aryl methyl sites for hydroxylation is 1. The molecule has 0 aliphatic heterocycles. The number of ether oxygens (including phenoxy) is 1. The Morgan fingerprint density at radius 2 is 1.96 bits per heavy atom. The maximum atomic E-state index is 5.74. The lowest BCUT2D eigenvalue weighted by atomic mass is 10.1. The first kappa shape index (κ1) is 15.6. The number of nitrogens with zero attached hydrogens (tertiary/aromatic N) is 1. The van der Waals surface area contributed by atoms with Crippen molar-refractivity contribution in [1.82, 2.24) is 4.98 Å². The summed E-state index contributed by atoms with van der Waals surface area (Å²) in [7, 11) is 0. The van der Waals surface area contributed by atoms with Crippen LogP contribution in [0.2, 0.25) is 0 Å². The molecule has 3 rings (SSSR count). The first-order chi connectivity index (χ1) is 11.2. The average Bonchev–Trinajstić information content (AvgIpc) is 3.04. The van der Waals surface area contributed by atoms with Crippen LogP contribution in [0.15, 0.2) is 53.9 Å². The maximum absolute atomic E-state index is 5.74. The van der Waals surface area contributed by atoms with Crippen LogP contribution in [-0.4, -0.2) is 11.6 Å². The Labute approximate surface area is 140 Å². The number of aromatic nitrogens is 1. The van der Waals surface area contributed by atoms with E-state index in [4.69, 9.17) is 15.5 Å². The van der Waals surface area contributed by atoms with Crippen LogP contribution in [0.4, 0.5) is 5.69 Å². The molecule has 1 aromatic heterocycles. The van der Waals surface area contributed by atoms with Gasteiger partial charge >= 0.3 is 0 Å². The van der Waals surface area contributed by atoms with E-state index < -0.39 is 0 Å². The quantitative estimate of drug-likeness (QED) is 0.675. The Kier molecular flexibility index (Phi) is 4.93. The van der Waals surface area contributed by atoms with Crippen molar-refractivity contribution in [2.75, 3.05) is 12.3 Å². The van der Waals surface area contributed by atoms with Gasteiger partial charge in [-0.25, -0.2) is 4.98 Å². The largest absolute Gasteiger partial charge is 0.493 e. The fourth-order valence-corrected chi connectivity index (χ4v) is 3.12. The number of thiazole rings is 1. The SMILES string of the molecule is CCc1ccc(-c2csc(CCOc3cccc(N)c3)n2)cc1. The van der Waals surface area contributed by atoms with E-state index >= 15 is 0 Å². The van der Waals surface area contributed by atoms with Crippen molar-refractivity contribution in [3.63, 3.8) is 0 Å². The second-order valence-corrected chi connectivity index (χ2v) is 6.29. The monoisotopic (exact) mass is 324 g/mol. The molecule has 118 valence electrons. The van der Waals surface area contributed by atoms with E-state index in [0.717, 1.165) is 35.0 Å². The van der Waals surface area contributed by atoms with Crippen LogP contribution in [0.25, 0.3) is 11.3 Å². The van der Waals surface area contributed by atoms with E-state index in [1.807, 2.05) is 24.3 Å². The van der Waals surface area contributed by atoms with Crippen LogP contribution >= 0.6 is 11.3 Å². The molecule has 4 heteroatoms. The van der Waals surface area contributed by atoms with Gasteiger partial charge in [-0.2, -0.15) is 0 Å². The highest BCUT2D eigenvalue weighted by Gasteiger charge is 2.05. The number of nitrogen functional groups attached to an aromatic ring is 1. The third-order valence-electron chi connectivity index (χ3n) is 3.65. The van der Waals surface area contributed by atoms with Crippen molar-refractivity contribution < 1.29 is 4.74 Å². The van der Waals surface area contributed by atoms with Gasteiger partial charge in [-0.1, -0.05) is 37.3 Å². The van der Waals surface area contributed by atoms with Gasteiger partial charge in [0.15, 0.2) is 0 Å². The molecule has 0 saturated carbocycles. The Hall–Kier alpha value is -2.33. The van der Waals surface area contributed by atoms with Gasteiger partial charge in [0.25, 0.3) is 0 Å². The van der Waals surface area contributed by atoms with Gasteiger partial charge in [-0.15, -0.1) is 11.3 Å². The molecule has 0 fully saturated rings. The van der Waals surface area contributed by atoms with E-state index in [9.17, 15) is 0 Å². The van der Waals surface area contributed by atoms with Gasteiger partial charge in [0.1, 0.15) is 5.75 Å². The Morgan fingerprint density at radius 1 is 1.13 bits per heavy atom. The highest BCUT2D eigenvalue weighted by molar-refractivity contribution is 7.09. The summed E-state index contributed by atoms with van der Waals surface area (Å²) < 4.78 is 5.72. The summed E-state index contributed by atoms with van der Waals surface area (Å²) in [5.74, 6) is 0.803. The van der Waals surface area contributed by atoms with Crippen LogP contribution in [0, 0.1) is 0 Å². The summed E-state index contributed by atoms with van der Waals surface area (Å²) in [5, 5.41) is 3.19. The molecule has 3 aromatic rings. The fraction of sp³-hybridized carbons (Fsp3) is 0.211. The highest BCUT2D eigenvalue weighted by atomic mass is 32.1. The molecule has 0 aliphatic rings. The van der Waals surface area contributed by atoms with E-state index in [0.29, 0.717) is 6.61 Å². The van der Waals surface area contributed by atoms with E-state index in [1.165, 1.54) is 11.1 Å². The van der Waals surface area contributed by atoms with Gasteiger partial charge in [0.05, 0.1) is 17.3 Å². The van der Waals surface area contributed by atoms with E-state index in [2.05, 4.69) is 36.6 Å². The molecule has 0 bridgehead atoms.